The molecule has 0 spiro atoms. The molecular formula is C2O4PbS2. The van der Waals surface area contributed by atoms with Crippen LogP contribution >= 0.6 is 0 Å². The van der Waals surface area contributed by atoms with Gasteiger partial charge in [-0.15, -0.1) is 0 Å². The van der Waals surface area contributed by atoms with Gasteiger partial charge in [0.2, 0.25) is 0 Å². The first-order chi connectivity index (χ1) is 3.46. The Morgan fingerprint density at radius 3 is 1.00 bits per heavy atom. The van der Waals surface area contributed by atoms with Gasteiger partial charge in [-0.1, -0.05) is 10.6 Å². The van der Waals surface area contributed by atoms with Gasteiger partial charge in [-0.05, 0) is 0 Å². The minimum absolute atomic E-state index is 0. The summed E-state index contributed by atoms with van der Waals surface area (Å²) in [5.41, 5.74) is 0. The van der Waals surface area contributed by atoms with Gasteiger partial charge in [-0.25, -0.2) is 0 Å². The first kappa shape index (κ1) is 16.1. The molecule has 0 radical (unpaired) electrons. The molecular weight excluding hydrogens is 359 g/mol. The third-order valence-electron chi connectivity index (χ3n) is 0. The van der Waals surface area contributed by atoms with Crippen LogP contribution in [0.1, 0.15) is 0 Å². The van der Waals surface area contributed by atoms with E-state index in [-0.39, 0.29) is 27.3 Å². The molecule has 48 valence electrons. The molecule has 0 saturated heterocycles. The molecule has 4 nitrogen and oxygen atoms in total. The van der Waals surface area contributed by atoms with E-state index < -0.39 is 10.6 Å². The van der Waals surface area contributed by atoms with Gasteiger partial charge in [-0.2, -0.15) is 0 Å². The topological polar surface area (TPSA) is 80.3 Å². The Labute approximate surface area is 82.6 Å². The maximum absolute atomic E-state index is 8.70. The molecule has 0 aliphatic heterocycles. The third-order valence-corrected chi connectivity index (χ3v) is 0. The molecule has 0 saturated carbocycles. The molecule has 7 heteroatoms. The fourth-order valence-corrected chi connectivity index (χ4v) is 0. The predicted molar refractivity (Wildman–Crippen MR) is 31.3 cm³/mol. The Morgan fingerprint density at radius 2 is 1.00 bits per heavy atom. The monoisotopic (exact) mass is 360 g/mol. The van der Waals surface area contributed by atoms with E-state index in [2.05, 4.69) is 25.3 Å². The van der Waals surface area contributed by atoms with E-state index in [1.54, 1.807) is 0 Å². The fraction of sp³-hybridized carbons (Fsp3) is 0. The molecule has 0 bridgehead atoms. The zero-order valence-electron chi connectivity index (χ0n) is 3.95. The van der Waals surface area contributed by atoms with Crippen LogP contribution in [0.25, 0.3) is 0 Å². The molecule has 0 fully saturated rings. The van der Waals surface area contributed by atoms with Gasteiger partial charge in [0.1, 0.15) is 0 Å². The Hall–Kier alpha value is 0.302. The van der Waals surface area contributed by atoms with Crippen LogP contribution in [0.3, 0.4) is 0 Å². The van der Waals surface area contributed by atoms with E-state index >= 15 is 0 Å². The third kappa shape index (κ3) is 3610. The van der Waals surface area contributed by atoms with E-state index in [0.717, 1.165) is 0 Å². The van der Waals surface area contributed by atoms with Crippen molar-refractivity contribution in [3.8, 4) is 0 Å². The van der Waals surface area contributed by atoms with Gasteiger partial charge in [0.25, 0.3) is 0 Å². The zero-order valence-corrected chi connectivity index (χ0v) is 9.47. The molecule has 0 atom stereocenters. The van der Waals surface area contributed by atoms with Crippen molar-refractivity contribution in [3.63, 3.8) is 0 Å². The number of carboxylic acid groups (broad SMARTS) is 2. The summed E-state index contributed by atoms with van der Waals surface area (Å²) in [6, 6.07) is 0. The van der Waals surface area contributed by atoms with Crippen molar-refractivity contribution in [1.82, 2.24) is 0 Å². The standard InChI is InChI=1S/2CH2O2S.Pb/c2*2-1(3)4;/h2*4H,(H,2,3);/q;;+4/p-4. The second-order valence-corrected chi connectivity index (χ2v) is 1.17. The molecule has 0 amide bonds. The molecule has 9 heavy (non-hydrogen) atoms. The summed E-state index contributed by atoms with van der Waals surface area (Å²) in [6.45, 7) is 0. The Morgan fingerprint density at radius 1 is 1.00 bits per heavy atom. The van der Waals surface area contributed by atoms with Crippen LogP contribution in [0.4, 0.5) is 9.59 Å². The van der Waals surface area contributed by atoms with Crippen LogP contribution in [0.15, 0.2) is 0 Å². The van der Waals surface area contributed by atoms with Crippen LogP contribution in [-0.2, 0) is 25.3 Å². The smallest absolute Gasteiger partial charge is 0.764 e. The zero-order chi connectivity index (χ0) is 7.15. The van der Waals surface area contributed by atoms with Crippen molar-refractivity contribution in [2.45, 2.75) is 0 Å². The van der Waals surface area contributed by atoms with E-state index in [1.165, 1.54) is 0 Å². The van der Waals surface area contributed by atoms with E-state index in [4.69, 9.17) is 19.8 Å². The summed E-state index contributed by atoms with van der Waals surface area (Å²) >= 11 is 6.85. The van der Waals surface area contributed by atoms with Gasteiger partial charge >= 0.3 is 27.3 Å². The Balaban J connectivity index is -0.0000000720. The number of carbonyl (C=O) groups excluding carboxylic acids is 2. The van der Waals surface area contributed by atoms with Crippen molar-refractivity contribution in [1.29, 1.82) is 0 Å². The Kier molecular flexibility index (Phi) is 20.0. The average Bonchev–Trinajstić information content (AvgIpc) is 1.25. The SMILES string of the molecule is O=C([O-])[S-].O=C([O-])[S-].[Pb+4]. The summed E-state index contributed by atoms with van der Waals surface area (Å²) in [7, 11) is 0. The van der Waals surface area contributed by atoms with Crippen LogP contribution in [0.5, 0.6) is 0 Å². The quantitative estimate of drug-likeness (QED) is 0.348. The second-order valence-electron chi connectivity index (χ2n) is 0.500. The van der Waals surface area contributed by atoms with Crippen molar-refractivity contribution < 1.29 is 19.8 Å². The average molecular weight is 359 g/mol. The first-order valence-electron chi connectivity index (χ1n) is 1.22. The molecule has 0 heterocycles. The van der Waals surface area contributed by atoms with Crippen LogP contribution < -0.4 is 10.2 Å². The van der Waals surface area contributed by atoms with Gasteiger partial charge < -0.3 is 45.1 Å². The summed E-state index contributed by atoms with van der Waals surface area (Å²) in [6.07, 6.45) is 0. The van der Waals surface area contributed by atoms with Gasteiger partial charge in [-0.3, -0.25) is 0 Å². The van der Waals surface area contributed by atoms with Gasteiger partial charge in [0.05, 0.1) is 0 Å². The number of carbonyl (C=O) groups is 2. The molecule has 0 N–H and O–H groups in total. The maximum Gasteiger partial charge on any atom is 4.00 e. The van der Waals surface area contributed by atoms with E-state index in [0.29, 0.717) is 0 Å². The summed E-state index contributed by atoms with van der Waals surface area (Å²) in [5.74, 6) is 0. The molecule has 0 unspecified atom stereocenters. The summed E-state index contributed by atoms with van der Waals surface area (Å²) < 4.78 is 0. The predicted octanol–water partition coefficient (Wildman–Crippen LogP) is -2.63. The van der Waals surface area contributed by atoms with Crippen molar-refractivity contribution >= 4 is 63.2 Å². The summed E-state index contributed by atoms with van der Waals surface area (Å²) in [5, 5.41) is 14.4. The summed E-state index contributed by atoms with van der Waals surface area (Å²) in [4.78, 5) is 17.4. The first-order valence-corrected chi connectivity index (χ1v) is 2.04. The molecule has 0 aromatic heterocycles. The fourth-order valence-electron chi connectivity index (χ4n) is 0. The second kappa shape index (κ2) is 11.1. The minimum atomic E-state index is -1.50. The van der Waals surface area contributed by atoms with Crippen LogP contribution in [0, 0.1) is 0 Å². The van der Waals surface area contributed by atoms with Gasteiger partial charge in [0, 0.05) is 0 Å². The van der Waals surface area contributed by atoms with Gasteiger partial charge in [0.15, 0.2) is 0 Å². The maximum atomic E-state index is 8.70. The Bertz CT molecular complexity index is 74.6. The number of hydrogen-bond acceptors (Lipinski definition) is 6. The molecule has 0 rings (SSSR count). The van der Waals surface area contributed by atoms with Crippen LogP contribution in [-0.4, -0.2) is 37.9 Å². The minimum Gasteiger partial charge on any atom is -0.764 e. The molecule has 0 aliphatic rings. The van der Waals surface area contributed by atoms with Crippen molar-refractivity contribution in [3.05, 3.63) is 0 Å². The van der Waals surface area contributed by atoms with Crippen molar-refractivity contribution in [2.75, 3.05) is 0 Å². The number of rotatable bonds is 0. The molecule has 0 aromatic rings. The van der Waals surface area contributed by atoms with Crippen LogP contribution in [0.2, 0.25) is 0 Å². The van der Waals surface area contributed by atoms with E-state index in [9.17, 15) is 0 Å². The normalized spacial score (nSPS) is 5.33. The van der Waals surface area contributed by atoms with Crippen molar-refractivity contribution in [2.24, 2.45) is 0 Å². The number of hydrogen-bond donors (Lipinski definition) is 0. The molecule has 0 aromatic carbocycles. The largest absolute Gasteiger partial charge is 4.00 e. The molecule has 0 aliphatic carbocycles. The van der Waals surface area contributed by atoms with E-state index in [1.807, 2.05) is 0 Å².